The molecule has 0 aliphatic carbocycles. The maximum absolute atomic E-state index is 12.3. The van der Waals surface area contributed by atoms with E-state index < -0.39 is 9.84 Å². The number of hydrogen-bond acceptors (Lipinski definition) is 6. The zero-order valence-corrected chi connectivity index (χ0v) is 15.3. The van der Waals surface area contributed by atoms with Gasteiger partial charge in [0, 0.05) is 38.0 Å². The Morgan fingerprint density at radius 3 is 2.46 bits per heavy atom. The van der Waals surface area contributed by atoms with Gasteiger partial charge in [0.15, 0.2) is 21.3 Å². The lowest BCUT2D eigenvalue weighted by atomic mass is 10.0. The van der Waals surface area contributed by atoms with E-state index >= 15 is 0 Å². The number of amides is 1. The predicted octanol–water partition coefficient (Wildman–Crippen LogP) is 0.625. The molecule has 0 spiro atoms. The molecule has 9 heteroatoms. The minimum Gasteiger partial charge on any atom is -0.493 e. The van der Waals surface area contributed by atoms with Crippen LogP contribution in [0.2, 0.25) is 0 Å². The van der Waals surface area contributed by atoms with Crippen molar-refractivity contribution in [2.45, 2.75) is 11.3 Å². The fraction of sp³-hybridized carbons (Fsp3) is 0.533. The lowest BCUT2D eigenvalue weighted by Crippen LogP contribution is -2.48. The first-order valence-electron chi connectivity index (χ1n) is 7.38. The molecule has 1 aromatic rings. The van der Waals surface area contributed by atoms with E-state index in [0.717, 1.165) is 13.1 Å². The second-order valence-electron chi connectivity index (χ2n) is 5.41. The van der Waals surface area contributed by atoms with Gasteiger partial charge in [-0.15, -0.1) is 12.4 Å². The van der Waals surface area contributed by atoms with Crippen LogP contribution in [-0.4, -0.2) is 53.9 Å². The molecule has 2 N–H and O–H groups in total. The topological polar surface area (TPSA) is 93.7 Å². The van der Waals surface area contributed by atoms with E-state index in [2.05, 4.69) is 10.6 Å². The Morgan fingerprint density at radius 2 is 1.92 bits per heavy atom. The maximum Gasteiger partial charge on any atom is 0.221 e. The van der Waals surface area contributed by atoms with Crippen LogP contribution < -0.4 is 20.1 Å². The Kier molecular flexibility index (Phi) is 7.78. The quantitative estimate of drug-likeness (QED) is 0.689. The van der Waals surface area contributed by atoms with E-state index in [9.17, 15) is 13.2 Å². The molecular formula is C15H23ClN2O5S. The third-order valence-electron chi connectivity index (χ3n) is 3.77. The Hall–Kier alpha value is -1.51. The fourth-order valence-corrected chi connectivity index (χ4v) is 3.45. The van der Waals surface area contributed by atoms with Crippen molar-refractivity contribution in [3.8, 4) is 11.5 Å². The first-order chi connectivity index (χ1) is 11.0. The number of rotatable bonds is 8. The average molecular weight is 379 g/mol. The minimum atomic E-state index is -3.55. The van der Waals surface area contributed by atoms with Crippen molar-refractivity contribution in [3.63, 3.8) is 0 Å². The van der Waals surface area contributed by atoms with Gasteiger partial charge in [-0.1, -0.05) is 0 Å². The summed E-state index contributed by atoms with van der Waals surface area (Å²) in [6.45, 7) is 2.37. The van der Waals surface area contributed by atoms with Crippen LogP contribution in [0.15, 0.2) is 23.1 Å². The van der Waals surface area contributed by atoms with Crippen LogP contribution in [0, 0.1) is 5.92 Å². The number of carbonyl (C=O) groups excluding carboxylic acids is 1. The number of benzene rings is 1. The summed E-state index contributed by atoms with van der Waals surface area (Å²) in [6, 6.07) is 4.40. The molecule has 1 saturated heterocycles. The lowest BCUT2D eigenvalue weighted by molar-refractivity contribution is -0.120. The number of sulfone groups is 1. The van der Waals surface area contributed by atoms with Gasteiger partial charge in [-0.2, -0.15) is 0 Å². The summed E-state index contributed by atoms with van der Waals surface area (Å²) < 4.78 is 34.8. The minimum absolute atomic E-state index is 0. The van der Waals surface area contributed by atoms with Crippen molar-refractivity contribution < 1.29 is 22.7 Å². The summed E-state index contributed by atoms with van der Waals surface area (Å²) in [7, 11) is -0.630. The Morgan fingerprint density at radius 1 is 1.25 bits per heavy atom. The van der Waals surface area contributed by atoms with Crippen LogP contribution in [0.1, 0.15) is 6.42 Å². The van der Waals surface area contributed by atoms with Gasteiger partial charge in [0.1, 0.15) is 0 Å². The third kappa shape index (κ3) is 5.25. The molecule has 1 aliphatic heterocycles. The van der Waals surface area contributed by atoms with E-state index in [4.69, 9.17) is 9.47 Å². The van der Waals surface area contributed by atoms with Crippen LogP contribution >= 0.6 is 12.4 Å². The molecule has 1 fully saturated rings. The number of hydrogen-bond donors (Lipinski definition) is 2. The highest BCUT2D eigenvalue weighted by Gasteiger charge is 2.20. The highest BCUT2D eigenvalue weighted by Crippen LogP contribution is 2.29. The van der Waals surface area contributed by atoms with Crippen LogP contribution in [0.4, 0.5) is 0 Å². The van der Waals surface area contributed by atoms with E-state index in [0.29, 0.717) is 24.0 Å². The molecule has 0 unspecified atom stereocenters. The van der Waals surface area contributed by atoms with Gasteiger partial charge in [-0.05, 0) is 12.1 Å². The largest absolute Gasteiger partial charge is 0.493 e. The van der Waals surface area contributed by atoms with Crippen LogP contribution in [0.25, 0.3) is 0 Å². The highest BCUT2D eigenvalue weighted by molar-refractivity contribution is 7.91. The molecule has 2 rings (SSSR count). The molecule has 0 aromatic heterocycles. The maximum atomic E-state index is 12.3. The van der Waals surface area contributed by atoms with Crippen molar-refractivity contribution in [2.24, 2.45) is 5.92 Å². The second-order valence-corrected chi connectivity index (χ2v) is 7.52. The van der Waals surface area contributed by atoms with Gasteiger partial charge in [0.05, 0.1) is 24.9 Å². The van der Waals surface area contributed by atoms with E-state index in [-0.39, 0.29) is 35.4 Å². The van der Waals surface area contributed by atoms with Crippen LogP contribution in [0.5, 0.6) is 11.5 Å². The zero-order chi connectivity index (χ0) is 16.9. The number of halogens is 1. The van der Waals surface area contributed by atoms with Gasteiger partial charge >= 0.3 is 0 Å². The summed E-state index contributed by atoms with van der Waals surface area (Å²) in [6.07, 6.45) is -0.0587. The van der Waals surface area contributed by atoms with Crippen molar-refractivity contribution in [3.05, 3.63) is 18.2 Å². The Labute approximate surface area is 148 Å². The molecule has 0 atom stereocenters. The van der Waals surface area contributed by atoms with Gasteiger partial charge in [0.2, 0.25) is 5.91 Å². The number of carbonyl (C=O) groups is 1. The van der Waals surface area contributed by atoms with Crippen molar-refractivity contribution in [2.75, 3.05) is 39.6 Å². The first kappa shape index (κ1) is 20.5. The van der Waals surface area contributed by atoms with Gasteiger partial charge in [0.25, 0.3) is 0 Å². The number of methoxy groups -OCH3 is 2. The number of nitrogens with one attached hydrogen (secondary N) is 2. The smallest absolute Gasteiger partial charge is 0.221 e. The third-order valence-corrected chi connectivity index (χ3v) is 5.48. The van der Waals surface area contributed by atoms with Crippen molar-refractivity contribution in [1.82, 2.24) is 10.6 Å². The Bertz CT molecular complexity index is 662. The standard InChI is InChI=1S/C15H22N2O5S.ClH/c1-21-13-4-3-12(7-14(13)22-2)23(19,20)6-5-15(18)17-10-11-8-16-9-11;/h3-4,7,11,16H,5-6,8-10H2,1-2H3,(H,17,18);1H. The van der Waals surface area contributed by atoms with Crippen LogP contribution in [0.3, 0.4) is 0 Å². The van der Waals surface area contributed by atoms with Gasteiger partial charge < -0.3 is 20.1 Å². The summed E-state index contributed by atoms with van der Waals surface area (Å²) in [5, 5.41) is 5.87. The Balaban J connectivity index is 0.00000288. The predicted molar refractivity (Wildman–Crippen MR) is 92.8 cm³/mol. The highest BCUT2D eigenvalue weighted by atomic mass is 35.5. The molecule has 24 heavy (non-hydrogen) atoms. The lowest BCUT2D eigenvalue weighted by Gasteiger charge is -2.27. The molecule has 0 saturated carbocycles. The molecule has 0 bridgehead atoms. The van der Waals surface area contributed by atoms with Crippen molar-refractivity contribution in [1.29, 1.82) is 0 Å². The summed E-state index contributed by atoms with van der Waals surface area (Å²) >= 11 is 0. The SMILES string of the molecule is COc1ccc(S(=O)(=O)CCC(=O)NCC2CNC2)cc1OC.Cl. The average Bonchev–Trinajstić information content (AvgIpc) is 2.50. The molecule has 1 aromatic carbocycles. The second kappa shape index (κ2) is 9.10. The van der Waals surface area contributed by atoms with E-state index in [1.807, 2.05) is 0 Å². The molecule has 1 amide bonds. The zero-order valence-electron chi connectivity index (χ0n) is 13.7. The normalized spacial score (nSPS) is 14.2. The molecule has 7 nitrogen and oxygen atoms in total. The molecule has 1 aliphatic rings. The molecule has 0 radical (unpaired) electrons. The molecular weight excluding hydrogens is 356 g/mol. The fourth-order valence-electron chi connectivity index (χ4n) is 2.19. The molecule has 1 heterocycles. The summed E-state index contributed by atoms with van der Waals surface area (Å²) in [4.78, 5) is 11.9. The monoisotopic (exact) mass is 378 g/mol. The summed E-state index contributed by atoms with van der Waals surface area (Å²) in [5.74, 6) is 0.758. The first-order valence-corrected chi connectivity index (χ1v) is 9.03. The van der Waals surface area contributed by atoms with Crippen LogP contribution in [-0.2, 0) is 14.6 Å². The van der Waals surface area contributed by atoms with E-state index in [1.165, 1.54) is 32.4 Å². The van der Waals surface area contributed by atoms with Crippen molar-refractivity contribution >= 4 is 28.2 Å². The summed E-state index contributed by atoms with van der Waals surface area (Å²) in [5.41, 5.74) is 0. The number of ether oxygens (including phenoxy) is 2. The van der Waals surface area contributed by atoms with Gasteiger partial charge in [-0.25, -0.2) is 8.42 Å². The van der Waals surface area contributed by atoms with Gasteiger partial charge in [-0.3, -0.25) is 4.79 Å². The van der Waals surface area contributed by atoms with E-state index in [1.54, 1.807) is 0 Å². The molecule has 136 valence electrons.